The third-order valence-corrected chi connectivity index (χ3v) is 3.84. The minimum absolute atomic E-state index is 0.0363. The number of nitriles is 1. The molecule has 124 valence electrons. The molecule has 1 heterocycles. The van der Waals surface area contributed by atoms with Gasteiger partial charge >= 0.3 is 5.69 Å². The maximum absolute atomic E-state index is 12.4. The lowest BCUT2D eigenvalue weighted by atomic mass is 10.3. The van der Waals surface area contributed by atoms with Gasteiger partial charge in [-0.15, -0.1) is 0 Å². The molecule has 1 aromatic carbocycles. The topological polar surface area (TPSA) is 97.2 Å². The van der Waals surface area contributed by atoms with Gasteiger partial charge in [0.05, 0.1) is 6.54 Å². The zero-order chi connectivity index (χ0) is 17.1. The summed E-state index contributed by atoms with van der Waals surface area (Å²) in [6.45, 7) is -0.275. The maximum Gasteiger partial charge on any atom is 0.331 e. The molecule has 1 saturated carbocycles. The summed E-state index contributed by atoms with van der Waals surface area (Å²) in [6.07, 6.45) is 1.97. The van der Waals surface area contributed by atoms with Gasteiger partial charge in [0.25, 0.3) is 5.56 Å². The number of hydrogen-bond acceptors (Lipinski definition) is 5. The zero-order valence-electron chi connectivity index (χ0n) is 13.0. The van der Waals surface area contributed by atoms with Crippen LogP contribution in [0, 0.1) is 11.3 Å². The molecule has 7 nitrogen and oxygen atoms in total. The van der Waals surface area contributed by atoms with E-state index in [1.807, 2.05) is 12.1 Å². The molecule has 0 spiro atoms. The number of aliphatic hydroxyl groups excluding tert-OH is 1. The highest BCUT2D eigenvalue weighted by molar-refractivity contribution is 5.23. The summed E-state index contributed by atoms with van der Waals surface area (Å²) in [6, 6.07) is 10.8. The first-order valence-electron chi connectivity index (χ1n) is 7.72. The molecule has 1 atom stereocenters. The predicted molar refractivity (Wildman–Crippen MR) is 85.9 cm³/mol. The highest BCUT2D eigenvalue weighted by atomic mass is 16.5. The number of ether oxygens (including phenoxy) is 1. The minimum Gasteiger partial charge on any atom is -0.491 e. The van der Waals surface area contributed by atoms with Gasteiger partial charge in [-0.05, 0) is 25.0 Å². The van der Waals surface area contributed by atoms with Crippen molar-refractivity contribution >= 4 is 0 Å². The van der Waals surface area contributed by atoms with E-state index in [1.54, 1.807) is 24.3 Å². The minimum atomic E-state index is -1.04. The Morgan fingerprint density at radius 3 is 2.62 bits per heavy atom. The average Bonchev–Trinajstić information content (AvgIpc) is 3.43. The summed E-state index contributed by atoms with van der Waals surface area (Å²) in [5.74, 6) is 0.588. The second kappa shape index (κ2) is 6.72. The zero-order valence-corrected chi connectivity index (χ0v) is 13.0. The number of nitrogens with zero attached hydrogens (tertiary/aromatic N) is 3. The molecule has 0 unspecified atom stereocenters. The molecular formula is C17H17N3O4. The van der Waals surface area contributed by atoms with Gasteiger partial charge in [0, 0.05) is 12.2 Å². The van der Waals surface area contributed by atoms with E-state index in [9.17, 15) is 14.7 Å². The van der Waals surface area contributed by atoms with E-state index >= 15 is 0 Å². The van der Waals surface area contributed by atoms with Crippen molar-refractivity contribution in [1.82, 2.24) is 9.13 Å². The van der Waals surface area contributed by atoms with E-state index in [0.29, 0.717) is 5.75 Å². The van der Waals surface area contributed by atoms with Crippen LogP contribution in [0.5, 0.6) is 5.75 Å². The van der Waals surface area contributed by atoms with Gasteiger partial charge in [-0.25, -0.2) is 4.79 Å². The molecule has 1 N–H and O–H groups in total. The van der Waals surface area contributed by atoms with Crippen LogP contribution in [0.25, 0.3) is 0 Å². The molecular weight excluding hydrogens is 310 g/mol. The van der Waals surface area contributed by atoms with Gasteiger partial charge < -0.3 is 9.84 Å². The first-order chi connectivity index (χ1) is 11.6. The fraction of sp³-hybridized carbons (Fsp3) is 0.353. The Bertz CT molecular complexity index is 875. The Kier molecular flexibility index (Phi) is 4.49. The lowest BCUT2D eigenvalue weighted by molar-refractivity contribution is 0.0899. The number of aromatic nitrogens is 2. The standard InChI is InChI=1S/C17H17N3O4/c18-8-12-9-19(13-6-7-13)17(23)20(16(12)22)10-14(21)11-24-15-4-2-1-3-5-15/h1-5,9,13-14,21H,6-7,10-11H2/t14-/m1/s1. The van der Waals surface area contributed by atoms with Crippen molar-refractivity contribution in [2.45, 2.75) is 31.5 Å². The van der Waals surface area contributed by atoms with Gasteiger partial charge in [-0.3, -0.25) is 13.9 Å². The summed E-state index contributed by atoms with van der Waals surface area (Å²) in [7, 11) is 0. The summed E-state index contributed by atoms with van der Waals surface area (Å²) in [5.41, 5.74) is -1.28. The van der Waals surface area contributed by atoms with Crippen LogP contribution in [0.4, 0.5) is 0 Å². The van der Waals surface area contributed by atoms with E-state index < -0.39 is 17.4 Å². The van der Waals surface area contributed by atoms with E-state index in [2.05, 4.69) is 0 Å². The van der Waals surface area contributed by atoms with Crippen molar-refractivity contribution in [3.63, 3.8) is 0 Å². The molecule has 3 rings (SSSR count). The van der Waals surface area contributed by atoms with Crippen molar-refractivity contribution in [2.24, 2.45) is 0 Å². The maximum atomic E-state index is 12.4. The normalized spacial score (nSPS) is 14.8. The Morgan fingerprint density at radius 1 is 1.29 bits per heavy atom. The van der Waals surface area contributed by atoms with E-state index in [-0.39, 0.29) is 24.8 Å². The Labute approximate surface area is 138 Å². The lowest BCUT2D eigenvalue weighted by Crippen LogP contribution is -2.44. The van der Waals surface area contributed by atoms with Crippen LogP contribution in [0.3, 0.4) is 0 Å². The smallest absolute Gasteiger partial charge is 0.331 e. The molecule has 0 saturated heterocycles. The van der Waals surface area contributed by atoms with Crippen LogP contribution in [0.2, 0.25) is 0 Å². The van der Waals surface area contributed by atoms with Crippen molar-refractivity contribution in [1.29, 1.82) is 5.26 Å². The second-order valence-corrected chi connectivity index (χ2v) is 5.77. The number of para-hydroxylation sites is 1. The number of benzene rings is 1. The largest absolute Gasteiger partial charge is 0.491 e. The monoisotopic (exact) mass is 327 g/mol. The molecule has 1 aliphatic rings. The average molecular weight is 327 g/mol. The second-order valence-electron chi connectivity index (χ2n) is 5.77. The summed E-state index contributed by atoms with van der Waals surface area (Å²) < 4.78 is 7.75. The van der Waals surface area contributed by atoms with Gasteiger partial charge in [0.1, 0.15) is 30.1 Å². The molecule has 0 radical (unpaired) electrons. The molecule has 1 aromatic heterocycles. The summed E-state index contributed by atoms with van der Waals surface area (Å²) in [4.78, 5) is 24.6. The molecule has 1 fully saturated rings. The summed E-state index contributed by atoms with van der Waals surface area (Å²) in [5, 5.41) is 19.2. The van der Waals surface area contributed by atoms with E-state index in [0.717, 1.165) is 17.4 Å². The Morgan fingerprint density at radius 2 is 2.00 bits per heavy atom. The molecule has 0 aliphatic heterocycles. The molecule has 7 heteroatoms. The molecule has 1 aliphatic carbocycles. The lowest BCUT2D eigenvalue weighted by Gasteiger charge is -2.15. The third-order valence-electron chi connectivity index (χ3n) is 3.84. The van der Waals surface area contributed by atoms with Gasteiger partial charge in [0.15, 0.2) is 0 Å². The number of hydrogen-bond donors (Lipinski definition) is 1. The molecule has 24 heavy (non-hydrogen) atoms. The van der Waals surface area contributed by atoms with Crippen molar-refractivity contribution in [3.05, 3.63) is 62.9 Å². The van der Waals surface area contributed by atoms with Crippen LogP contribution in [0.1, 0.15) is 24.4 Å². The first-order valence-corrected chi connectivity index (χ1v) is 7.72. The van der Waals surface area contributed by atoms with Crippen LogP contribution in [0.15, 0.2) is 46.1 Å². The van der Waals surface area contributed by atoms with Gasteiger partial charge in [-0.2, -0.15) is 5.26 Å². The highest BCUT2D eigenvalue weighted by Gasteiger charge is 2.27. The highest BCUT2D eigenvalue weighted by Crippen LogP contribution is 2.33. The SMILES string of the molecule is N#Cc1cn(C2CC2)c(=O)n(C[C@@H](O)COc2ccccc2)c1=O. The van der Waals surface area contributed by atoms with E-state index in [1.165, 1.54) is 10.8 Å². The van der Waals surface area contributed by atoms with Crippen molar-refractivity contribution in [3.8, 4) is 11.8 Å². The third kappa shape index (κ3) is 3.39. The Balaban J connectivity index is 1.79. The van der Waals surface area contributed by atoms with Crippen LogP contribution < -0.4 is 16.0 Å². The Hall–Kier alpha value is -2.85. The first kappa shape index (κ1) is 16.0. The van der Waals surface area contributed by atoms with Crippen molar-refractivity contribution < 1.29 is 9.84 Å². The van der Waals surface area contributed by atoms with Crippen LogP contribution >= 0.6 is 0 Å². The predicted octanol–water partition coefficient (Wildman–Crippen LogP) is 0.656. The number of rotatable bonds is 6. The van der Waals surface area contributed by atoms with Crippen molar-refractivity contribution in [2.75, 3.05) is 6.61 Å². The molecule has 0 amide bonds. The summed E-state index contributed by atoms with van der Waals surface area (Å²) >= 11 is 0. The van der Waals surface area contributed by atoms with Crippen LogP contribution in [-0.4, -0.2) is 27.0 Å². The molecule has 0 bridgehead atoms. The van der Waals surface area contributed by atoms with Gasteiger partial charge in [0.2, 0.25) is 0 Å². The van der Waals surface area contributed by atoms with Gasteiger partial charge in [-0.1, -0.05) is 18.2 Å². The fourth-order valence-electron chi connectivity index (χ4n) is 2.45. The van der Waals surface area contributed by atoms with Crippen LogP contribution in [-0.2, 0) is 6.54 Å². The fourth-order valence-corrected chi connectivity index (χ4v) is 2.45. The molecule has 2 aromatic rings. The quantitative estimate of drug-likeness (QED) is 0.840. The number of aliphatic hydroxyl groups is 1. The van der Waals surface area contributed by atoms with E-state index in [4.69, 9.17) is 10.00 Å².